The second-order valence-electron chi connectivity index (χ2n) is 3.91. The van der Waals surface area contributed by atoms with Crippen molar-refractivity contribution in [3.05, 3.63) is 28.5 Å². The number of unbranched alkanes of at least 4 members (excludes halogenated alkanes) is 1. The molecule has 0 saturated carbocycles. The van der Waals surface area contributed by atoms with Crippen LogP contribution in [0.2, 0.25) is 0 Å². The van der Waals surface area contributed by atoms with Crippen molar-refractivity contribution in [2.75, 3.05) is 33.5 Å². The van der Waals surface area contributed by atoms with E-state index < -0.39 is 0 Å². The Bertz CT molecular complexity index is 388. The van der Waals surface area contributed by atoms with Crippen LogP contribution in [0.1, 0.15) is 23.3 Å². The number of pyridine rings is 1. The van der Waals surface area contributed by atoms with Crippen LogP contribution in [0.4, 0.5) is 0 Å². The highest BCUT2D eigenvalue weighted by atomic mass is 79.9. The molecule has 0 aliphatic carbocycles. The zero-order valence-electron chi connectivity index (χ0n) is 11.0. The van der Waals surface area contributed by atoms with Gasteiger partial charge in [0.2, 0.25) is 0 Å². The average Bonchev–Trinajstić information content (AvgIpc) is 2.41. The van der Waals surface area contributed by atoms with Crippen LogP contribution < -0.4 is 5.32 Å². The summed E-state index contributed by atoms with van der Waals surface area (Å²) in [6.45, 7) is 2.55. The molecule has 1 N–H and O–H groups in total. The van der Waals surface area contributed by atoms with Gasteiger partial charge in [0.25, 0.3) is 5.91 Å². The number of methoxy groups -OCH3 is 1. The summed E-state index contributed by atoms with van der Waals surface area (Å²) < 4.78 is 10.9. The lowest BCUT2D eigenvalue weighted by atomic mass is 10.3. The van der Waals surface area contributed by atoms with Crippen molar-refractivity contribution in [2.24, 2.45) is 0 Å². The quantitative estimate of drug-likeness (QED) is 0.556. The van der Waals surface area contributed by atoms with Crippen LogP contribution in [0.25, 0.3) is 0 Å². The number of carbonyl (C=O) groups excluding carboxylic acids is 1. The van der Waals surface area contributed by atoms with E-state index in [1.807, 2.05) is 0 Å². The van der Waals surface area contributed by atoms with Gasteiger partial charge in [-0.3, -0.25) is 4.79 Å². The molecule has 19 heavy (non-hydrogen) atoms. The van der Waals surface area contributed by atoms with Gasteiger partial charge in [0, 0.05) is 20.3 Å². The Labute approximate surface area is 121 Å². The molecule has 0 atom stereocenters. The molecule has 6 heteroatoms. The standard InChI is InChI=1S/C13H19BrN2O3/c1-18-9-10-19-8-3-2-7-15-13(17)11-5-4-6-12(14)16-11/h4-6H,2-3,7-10H2,1H3,(H,15,17). The lowest BCUT2D eigenvalue weighted by molar-refractivity contribution is 0.0686. The smallest absolute Gasteiger partial charge is 0.269 e. The largest absolute Gasteiger partial charge is 0.382 e. The van der Waals surface area contributed by atoms with E-state index in [-0.39, 0.29) is 5.91 Å². The SMILES string of the molecule is COCCOCCCCNC(=O)c1cccc(Br)n1. The van der Waals surface area contributed by atoms with E-state index in [9.17, 15) is 4.79 Å². The zero-order chi connectivity index (χ0) is 13.9. The lowest BCUT2D eigenvalue weighted by Gasteiger charge is -2.05. The topological polar surface area (TPSA) is 60.5 Å². The molecule has 0 aliphatic rings. The van der Waals surface area contributed by atoms with E-state index in [2.05, 4.69) is 26.2 Å². The van der Waals surface area contributed by atoms with Crippen LogP contribution in [0.3, 0.4) is 0 Å². The lowest BCUT2D eigenvalue weighted by Crippen LogP contribution is -2.25. The number of nitrogens with zero attached hydrogens (tertiary/aromatic N) is 1. The summed E-state index contributed by atoms with van der Waals surface area (Å²) in [4.78, 5) is 15.8. The minimum absolute atomic E-state index is 0.151. The molecular weight excluding hydrogens is 312 g/mol. The summed E-state index contributed by atoms with van der Waals surface area (Å²) in [6, 6.07) is 5.26. The molecule has 0 unspecified atom stereocenters. The van der Waals surface area contributed by atoms with Crippen molar-refractivity contribution in [3.8, 4) is 0 Å². The van der Waals surface area contributed by atoms with Gasteiger partial charge in [0.05, 0.1) is 13.2 Å². The summed E-state index contributed by atoms with van der Waals surface area (Å²) in [5.41, 5.74) is 0.422. The molecule has 0 saturated heterocycles. The first-order valence-electron chi connectivity index (χ1n) is 6.21. The molecule has 1 aromatic heterocycles. The number of ether oxygens (including phenoxy) is 2. The molecule has 0 bridgehead atoms. The molecule has 0 fully saturated rings. The van der Waals surface area contributed by atoms with E-state index in [1.54, 1.807) is 25.3 Å². The Morgan fingerprint density at radius 3 is 2.89 bits per heavy atom. The third kappa shape index (κ3) is 7.25. The van der Waals surface area contributed by atoms with Crippen LogP contribution in [-0.2, 0) is 9.47 Å². The number of hydrogen-bond donors (Lipinski definition) is 1. The molecule has 1 aromatic rings. The highest BCUT2D eigenvalue weighted by molar-refractivity contribution is 9.10. The van der Waals surface area contributed by atoms with Crippen LogP contribution >= 0.6 is 15.9 Å². The first-order chi connectivity index (χ1) is 9.24. The normalized spacial score (nSPS) is 10.4. The van der Waals surface area contributed by atoms with Gasteiger partial charge in [-0.1, -0.05) is 6.07 Å². The van der Waals surface area contributed by atoms with Crippen molar-refractivity contribution in [1.29, 1.82) is 0 Å². The van der Waals surface area contributed by atoms with E-state index in [4.69, 9.17) is 9.47 Å². The van der Waals surface area contributed by atoms with Gasteiger partial charge in [-0.15, -0.1) is 0 Å². The van der Waals surface area contributed by atoms with Crippen molar-refractivity contribution in [3.63, 3.8) is 0 Å². The van der Waals surface area contributed by atoms with Crippen molar-refractivity contribution >= 4 is 21.8 Å². The third-order valence-corrected chi connectivity index (χ3v) is 2.82. The number of aromatic nitrogens is 1. The first-order valence-corrected chi connectivity index (χ1v) is 7.01. The number of rotatable bonds is 9. The van der Waals surface area contributed by atoms with Gasteiger partial charge in [-0.2, -0.15) is 0 Å². The van der Waals surface area contributed by atoms with Gasteiger partial charge < -0.3 is 14.8 Å². The fourth-order valence-electron chi connectivity index (χ4n) is 1.40. The Morgan fingerprint density at radius 2 is 2.16 bits per heavy atom. The molecule has 0 aliphatic heterocycles. The highest BCUT2D eigenvalue weighted by Crippen LogP contribution is 2.05. The van der Waals surface area contributed by atoms with Crippen LogP contribution in [-0.4, -0.2) is 44.4 Å². The number of halogens is 1. The summed E-state index contributed by atoms with van der Waals surface area (Å²) in [5, 5.41) is 2.83. The van der Waals surface area contributed by atoms with Crippen molar-refractivity contribution < 1.29 is 14.3 Å². The predicted molar refractivity (Wildman–Crippen MR) is 76.2 cm³/mol. The zero-order valence-corrected chi connectivity index (χ0v) is 12.6. The van der Waals surface area contributed by atoms with Gasteiger partial charge in [-0.25, -0.2) is 4.98 Å². The fraction of sp³-hybridized carbons (Fsp3) is 0.538. The van der Waals surface area contributed by atoms with E-state index in [0.29, 0.717) is 36.7 Å². The van der Waals surface area contributed by atoms with Gasteiger partial charge in [0.1, 0.15) is 10.3 Å². The molecular formula is C13H19BrN2O3. The monoisotopic (exact) mass is 330 g/mol. The minimum Gasteiger partial charge on any atom is -0.382 e. The number of hydrogen-bond acceptors (Lipinski definition) is 4. The Kier molecular flexibility index (Phi) is 8.36. The maximum atomic E-state index is 11.7. The predicted octanol–water partition coefficient (Wildman–Crippen LogP) is 2.02. The molecule has 106 valence electrons. The number of carbonyl (C=O) groups is 1. The van der Waals surface area contributed by atoms with Crippen LogP contribution in [0.5, 0.6) is 0 Å². The molecule has 5 nitrogen and oxygen atoms in total. The molecule has 1 rings (SSSR count). The van der Waals surface area contributed by atoms with Crippen molar-refractivity contribution in [2.45, 2.75) is 12.8 Å². The fourth-order valence-corrected chi connectivity index (χ4v) is 1.74. The second kappa shape index (κ2) is 9.89. The number of nitrogens with one attached hydrogen (secondary N) is 1. The van der Waals surface area contributed by atoms with Crippen LogP contribution in [0.15, 0.2) is 22.8 Å². The maximum Gasteiger partial charge on any atom is 0.269 e. The first kappa shape index (κ1) is 16.1. The van der Waals surface area contributed by atoms with Gasteiger partial charge in [-0.05, 0) is 40.9 Å². The highest BCUT2D eigenvalue weighted by Gasteiger charge is 2.05. The third-order valence-electron chi connectivity index (χ3n) is 2.38. The minimum atomic E-state index is -0.151. The van der Waals surface area contributed by atoms with E-state index >= 15 is 0 Å². The van der Waals surface area contributed by atoms with Gasteiger partial charge in [0.15, 0.2) is 0 Å². The summed E-state index contributed by atoms with van der Waals surface area (Å²) >= 11 is 3.24. The Morgan fingerprint density at radius 1 is 1.32 bits per heavy atom. The molecule has 0 aromatic carbocycles. The van der Waals surface area contributed by atoms with Crippen LogP contribution in [0, 0.1) is 0 Å². The van der Waals surface area contributed by atoms with E-state index in [1.165, 1.54) is 0 Å². The number of amides is 1. The molecule has 0 spiro atoms. The summed E-state index contributed by atoms with van der Waals surface area (Å²) in [6.07, 6.45) is 1.79. The van der Waals surface area contributed by atoms with Gasteiger partial charge >= 0.3 is 0 Å². The maximum absolute atomic E-state index is 11.7. The Hall–Kier alpha value is -0.980. The molecule has 1 amide bonds. The molecule has 1 heterocycles. The molecule has 0 radical (unpaired) electrons. The summed E-state index contributed by atoms with van der Waals surface area (Å²) in [5.74, 6) is -0.151. The Balaban J connectivity index is 2.08. The average molecular weight is 331 g/mol. The van der Waals surface area contributed by atoms with Crippen molar-refractivity contribution in [1.82, 2.24) is 10.3 Å². The van der Waals surface area contributed by atoms with E-state index in [0.717, 1.165) is 12.8 Å². The summed E-state index contributed by atoms with van der Waals surface area (Å²) in [7, 11) is 1.65. The second-order valence-corrected chi connectivity index (χ2v) is 4.73.